The summed E-state index contributed by atoms with van der Waals surface area (Å²) in [7, 11) is 0. The van der Waals surface area contributed by atoms with Gasteiger partial charge < -0.3 is 9.92 Å². The SMILES string of the molecule is CSOC(C)CN. The molecule has 44 valence electrons. The molecule has 0 rings (SSSR count). The Hall–Kier alpha value is 0.270. The summed E-state index contributed by atoms with van der Waals surface area (Å²) in [5.41, 5.74) is 5.22. The zero-order valence-electron chi connectivity index (χ0n) is 4.68. The van der Waals surface area contributed by atoms with Crippen molar-refractivity contribution in [2.75, 3.05) is 12.8 Å². The van der Waals surface area contributed by atoms with Crippen LogP contribution < -0.4 is 5.73 Å². The fourth-order valence-electron chi connectivity index (χ4n) is 0.204. The van der Waals surface area contributed by atoms with Crippen LogP contribution in [0.4, 0.5) is 0 Å². The van der Waals surface area contributed by atoms with Crippen molar-refractivity contribution in [3.8, 4) is 0 Å². The summed E-state index contributed by atoms with van der Waals surface area (Å²) >= 11 is 1.35. The lowest BCUT2D eigenvalue weighted by molar-refractivity contribution is 0.275. The van der Waals surface area contributed by atoms with Gasteiger partial charge in [-0.2, -0.15) is 0 Å². The Labute approximate surface area is 48.6 Å². The fourth-order valence-corrected chi connectivity index (χ4v) is 0.611. The zero-order valence-corrected chi connectivity index (χ0v) is 5.49. The van der Waals surface area contributed by atoms with Crippen molar-refractivity contribution in [1.29, 1.82) is 0 Å². The average Bonchev–Trinajstić information content (AvgIpc) is 1.68. The summed E-state index contributed by atoms with van der Waals surface area (Å²) in [5, 5.41) is 0. The van der Waals surface area contributed by atoms with E-state index in [9.17, 15) is 0 Å². The molecule has 0 bridgehead atoms. The third-order valence-corrected chi connectivity index (χ3v) is 1.11. The van der Waals surface area contributed by atoms with Crippen LogP contribution in [0.5, 0.6) is 0 Å². The van der Waals surface area contributed by atoms with Crippen molar-refractivity contribution in [3.05, 3.63) is 0 Å². The Morgan fingerprint density at radius 2 is 2.43 bits per heavy atom. The molecule has 0 aromatic rings. The molecule has 0 fully saturated rings. The van der Waals surface area contributed by atoms with Crippen molar-refractivity contribution < 1.29 is 4.18 Å². The van der Waals surface area contributed by atoms with Crippen LogP contribution >= 0.6 is 12.0 Å². The topological polar surface area (TPSA) is 35.2 Å². The Morgan fingerprint density at radius 3 is 2.57 bits per heavy atom. The van der Waals surface area contributed by atoms with E-state index in [0.29, 0.717) is 6.54 Å². The maximum absolute atomic E-state index is 5.22. The summed E-state index contributed by atoms with van der Waals surface area (Å²) in [5.74, 6) is 0. The summed E-state index contributed by atoms with van der Waals surface area (Å²) in [6.45, 7) is 2.54. The van der Waals surface area contributed by atoms with E-state index in [4.69, 9.17) is 9.92 Å². The molecule has 7 heavy (non-hydrogen) atoms. The number of rotatable bonds is 3. The largest absolute Gasteiger partial charge is 0.328 e. The molecule has 0 aromatic carbocycles. The summed E-state index contributed by atoms with van der Waals surface area (Å²) in [6.07, 6.45) is 2.07. The monoisotopic (exact) mass is 121 g/mol. The van der Waals surface area contributed by atoms with Crippen LogP contribution in [0.15, 0.2) is 0 Å². The smallest absolute Gasteiger partial charge is 0.0816 e. The van der Waals surface area contributed by atoms with Gasteiger partial charge in [-0.1, -0.05) is 0 Å². The molecule has 0 spiro atoms. The second-order valence-electron chi connectivity index (χ2n) is 1.31. The first-order valence-electron chi connectivity index (χ1n) is 2.20. The lowest BCUT2D eigenvalue weighted by Crippen LogP contribution is -2.16. The van der Waals surface area contributed by atoms with E-state index in [-0.39, 0.29) is 6.10 Å². The minimum absolute atomic E-state index is 0.190. The Balaban J connectivity index is 2.83. The van der Waals surface area contributed by atoms with Gasteiger partial charge >= 0.3 is 0 Å². The molecule has 0 aromatic heterocycles. The lowest BCUT2D eigenvalue weighted by atomic mass is 10.4. The lowest BCUT2D eigenvalue weighted by Gasteiger charge is -2.03. The minimum Gasteiger partial charge on any atom is -0.328 e. The molecule has 1 atom stereocenters. The summed E-state index contributed by atoms with van der Waals surface area (Å²) in [6, 6.07) is 0. The predicted octanol–water partition coefficient (Wildman–Crippen LogP) is 0.628. The van der Waals surface area contributed by atoms with Crippen LogP contribution in [-0.4, -0.2) is 18.9 Å². The molecule has 3 heteroatoms. The Bertz CT molecular complexity index is 42.7. The van der Waals surface area contributed by atoms with Gasteiger partial charge in [0, 0.05) is 12.8 Å². The standard InChI is InChI=1S/C4H11NOS/c1-4(3-5)6-7-2/h4H,3,5H2,1-2H3. The first-order chi connectivity index (χ1) is 3.31. The van der Waals surface area contributed by atoms with Crippen LogP contribution in [0.25, 0.3) is 0 Å². The fraction of sp³-hybridized carbons (Fsp3) is 1.00. The van der Waals surface area contributed by atoms with E-state index in [2.05, 4.69) is 0 Å². The molecule has 0 saturated carbocycles. The molecule has 0 amide bonds. The highest BCUT2D eigenvalue weighted by molar-refractivity contribution is 7.93. The van der Waals surface area contributed by atoms with E-state index in [0.717, 1.165) is 0 Å². The van der Waals surface area contributed by atoms with Gasteiger partial charge in [0.25, 0.3) is 0 Å². The molecular weight excluding hydrogens is 110 g/mol. The molecular formula is C4H11NOS. The predicted molar refractivity (Wildman–Crippen MR) is 33.1 cm³/mol. The molecule has 0 radical (unpaired) electrons. The molecule has 0 aliphatic carbocycles. The summed E-state index contributed by atoms with van der Waals surface area (Å²) in [4.78, 5) is 0. The van der Waals surface area contributed by atoms with E-state index in [1.807, 2.05) is 13.2 Å². The van der Waals surface area contributed by atoms with Crippen LogP contribution in [0.2, 0.25) is 0 Å². The number of hydrogen-bond donors (Lipinski definition) is 1. The molecule has 0 aliphatic rings. The molecule has 2 nitrogen and oxygen atoms in total. The molecule has 0 saturated heterocycles. The number of nitrogens with two attached hydrogens (primary N) is 1. The van der Waals surface area contributed by atoms with Gasteiger partial charge in [-0.25, -0.2) is 0 Å². The van der Waals surface area contributed by atoms with Crippen molar-refractivity contribution in [3.63, 3.8) is 0 Å². The van der Waals surface area contributed by atoms with E-state index in [1.165, 1.54) is 12.0 Å². The quantitative estimate of drug-likeness (QED) is 0.556. The third-order valence-electron chi connectivity index (χ3n) is 0.592. The second-order valence-corrected chi connectivity index (χ2v) is 1.83. The van der Waals surface area contributed by atoms with Gasteiger partial charge in [0.1, 0.15) is 0 Å². The zero-order chi connectivity index (χ0) is 5.70. The van der Waals surface area contributed by atoms with E-state index >= 15 is 0 Å². The van der Waals surface area contributed by atoms with E-state index < -0.39 is 0 Å². The van der Waals surface area contributed by atoms with Gasteiger partial charge in [0.2, 0.25) is 0 Å². The van der Waals surface area contributed by atoms with Crippen molar-refractivity contribution in [1.82, 2.24) is 0 Å². The normalized spacial score (nSPS) is 14.1. The number of hydrogen-bond acceptors (Lipinski definition) is 3. The Morgan fingerprint density at radius 1 is 1.86 bits per heavy atom. The first-order valence-corrected chi connectivity index (χ1v) is 3.35. The summed E-state index contributed by atoms with van der Waals surface area (Å²) < 4.78 is 4.98. The van der Waals surface area contributed by atoms with Crippen LogP contribution in [0.3, 0.4) is 0 Å². The van der Waals surface area contributed by atoms with Gasteiger partial charge in [0.05, 0.1) is 6.10 Å². The van der Waals surface area contributed by atoms with Crippen molar-refractivity contribution in [2.24, 2.45) is 5.73 Å². The van der Waals surface area contributed by atoms with Crippen molar-refractivity contribution in [2.45, 2.75) is 13.0 Å². The van der Waals surface area contributed by atoms with Crippen LogP contribution in [-0.2, 0) is 4.18 Å². The highest BCUT2D eigenvalue weighted by atomic mass is 32.2. The molecule has 2 N–H and O–H groups in total. The van der Waals surface area contributed by atoms with Crippen molar-refractivity contribution >= 4 is 12.0 Å². The Kier molecular flexibility index (Phi) is 4.60. The maximum atomic E-state index is 5.22. The van der Waals surface area contributed by atoms with E-state index in [1.54, 1.807) is 0 Å². The molecule has 0 heterocycles. The first kappa shape index (κ1) is 7.27. The molecule has 0 aliphatic heterocycles. The van der Waals surface area contributed by atoms with Crippen LogP contribution in [0.1, 0.15) is 6.92 Å². The minimum atomic E-state index is 0.190. The highest BCUT2D eigenvalue weighted by Gasteiger charge is 1.93. The van der Waals surface area contributed by atoms with Gasteiger partial charge in [0.15, 0.2) is 0 Å². The average molecular weight is 121 g/mol. The highest BCUT2D eigenvalue weighted by Crippen LogP contribution is 1.98. The molecule has 1 unspecified atom stereocenters. The van der Waals surface area contributed by atoms with Gasteiger partial charge in [-0.15, -0.1) is 0 Å². The second kappa shape index (κ2) is 4.43. The third kappa shape index (κ3) is 4.12. The van der Waals surface area contributed by atoms with Crippen LogP contribution in [0, 0.1) is 0 Å². The van der Waals surface area contributed by atoms with Gasteiger partial charge in [-0.05, 0) is 19.0 Å². The maximum Gasteiger partial charge on any atom is 0.0816 e. The van der Waals surface area contributed by atoms with Gasteiger partial charge in [-0.3, -0.25) is 0 Å².